The van der Waals surface area contributed by atoms with Crippen molar-refractivity contribution >= 4 is 11.5 Å². The normalized spacial score (nSPS) is 10.8. The van der Waals surface area contributed by atoms with E-state index in [1.807, 2.05) is 44.2 Å². The predicted octanol–water partition coefficient (Wildman–Crippen LogP) is 4.02. The molecule has 0 unspecified atom stereocenters. The van der Waals surface area contributed by atoms with Crippen LogP contribution in [0, 0.1) is 18.8 Å². The van der Waals surface area contributed by atoms with Crippen LogP contribution in [0.2, 0.25) is 0 Å². The zero-order chi connectivity index (χ0) is 15.0. The van der Waals surface area contributed by atoms with Crippen LogP contribution in [-0.2, 0) is 0 Å². The lowest BCUT2D eigenvalue weighted by atomic mass is 10.1. The summed E-state index contributed by atoms with van der Waals surface area (Å²) in [5.41, 5.74) is 4.21. The second-order valence-corrected chi connectivity index (χ2v) is 4.94. The second kappa shape index (κ2) is 5.01. The van der Waals surface area contributed by atoms with Gasteiger partial charge in [-0.3, -0.25) is 4.40 Å². The van der Waals surface area contributed by atoms with Crippen molar-refractivity contribution in [2.75, 3.05) is 7.11 Å². The SMILES string of the molecule is COc1ccc(-c2nc3c(C)cccn3c2N=O)c(C)c1. The van der Waals surface area contributed by atoms with Gasteiger partial charge in [0.25, 0.3) is 0 Å². The number of benzene rings is 1. The van der Waals surface area contributed by atoms with Crippen LogP contribution >= 0.6 is 0 Å². The van der Waals surface area contributed by atoms with Crippen LogP contribution in [0.1, 0.15) is 11.1 Å². The highest BCUT2D eigenvalue weighted by Gasteiger charge is 2.17. The molecule has 1 aromatic carbocycles. The fourth-order valence-electron chi connectivity index (χ4n) is 2.49. The molecule has 0 fully saturated rings. The topological polar surface area (TPSA) is 56.0 Å². The van der Waals surface area contributed by atoms with Crippen LogP contribution in [-0.4, -0.2) is 16.5 Å². The minimum absolute atomic E-state index is 0.321. The molecule has 2 heterocycles. The summed E-state index contributed by atoms with van der Waals surface area (Å²) in [5.74, 6) is 1.10. The third-order valence-electron chi connectivity index (χ3n) is 3.60. The maximum absolute atomic E-state index is 11.3. The molecule has 2 aromatic heterocycles. The van der Waals surface area contributed by atoms with Crippen molar-refractivity contribution in [3.05, 3.63) is 52.6 Å². The molecule has 0 N–H and O–H groups in total. The van der Waals surface area contributed by atoms with Crippen molar-refractivity contribution in [1.29, 1.82) is 0 Å². The maximum Gasteiger partial charge on any atom is 0.209 e. The lowest BCUT2D eigenvalue weighted by molar-refractivity contribution is 0.414. The van der Waals surface area contributed by atoms with Crippen LogP contribution in [0.4, 0.5) is 5.82 Å². The van der Waals surface area contributed by atoms with Gasteiger partial charge in [-0.15, -0.1) is 4.91 Å². The Labute approximate surface area is 122 Å². The summed E-state index contributed by atoms with van der Waals surface area (Å²) in [4.78, 5) is 15.9. The van der Waals surface area contributed by atoms with E-state index in [-0.39, 0.29) is 0 Å². The molecule has 0 atom stereocenters. The van der Waals surface area contributed by atoms with Crippen molar-refractivity contribution in [2.45, 2.75) is 13.8 Å². The first-order chi connectivity index (χ1) is 10.2. The third-order valence-corrected chi connectivity index (χ3v) is 3.60. The van der Waals surface area contributed by atoms with Gasteiger partial charge in [0.1, 0.15) is 17.1 Å². The number of nitroso groups, excluding NO2 is 1. The van der Waals surface area contributed by atoms with Gasteiger partial charge < -0.3 is 4.74 Å². The summed E-state index contributed by atoms with van der Waals surface area (Å²) in [6.45, 7) is 3.92. The van der Waals surface area contributed by atoms with E-state index in [1.165, 1.54) is 0 Å². The van der Waals surface area contributed by atoms with Crippen molar-refractivity contribution in [3.63, 3.8) is 0 Å². The van der Waals surface area contributed by atoms with E-state index >= 15 is 0 Å². The summed E-state index contributed by atoms with van der Waals surface area (Å²) in [6, 6.07) is 9.51. The quantitative estimate of drug-likeness (QED) is 0.681. The van der Waals surface area contributed by atoms with Gasteiger partial charge >= 0.3 is 0 Å². The molecule has 21 heavy (non-hydrogen) atoms. The Morgan fingerprint density at radius 3 is 2.67 bits per heavy atom. The minimum Gasteiger partial charge on any atom is -0.497 e. The molecule has 0 radical (unpaired) electrons. The number of ether oxygens (including phenoxy) is 1. The molecule has 3 rings (SSSR count). The fourth-order valence-corrected chi connectivity index (χ4v) is 2.49. The van der Waals surface area contributed by atoms with Crippen LogP contribution in [0.5, 0.6) is 5.75 Å². The molecule has 0 amide bonds. The van der Waals surface area contributed by atoms with Crippen molar-refractivity contribution in [3.8, 4) is 17.0 Å². The van der Waals surface area contributed by atoms with Gasteiger partial charge in [-0.2, -0.15) is 0 Å². The van der Waals surface area contributed by atoms with Gasteiger partial charge in [-0.25, -0.2) is 4.98 Å². The Morgan fingerprint density at radius 2 is 2.00 bits per heavy atom. The molecular weight excluding hydrogens is 266 g/mol. The van der Waals surface area contributed by atoms with E-state index in [0.717, 1.165) is 28.1 Å². The van der Waals surface area contributed by atoms with Gasteiger partial charge in [0.2, 0.25) is 5.82 Å². The molecule has 5 heteroatoms. The number of nitrogens with zero attached hydrogens (tertiary/aromatic N) is 3. The van der Waals surface area contributed by atoms with Crippen molar-refractivity contribution < 1.29 is 4.74 Å². The lowest BCUT2D eigenvalue weighted by Crippen LogP contribution is -1.88. The minimum atomic E-state index is 0.321. The molecule has 5 nitrogen and oxygen atoms in total. The van der Waals surface area contributed by atoms with E-state index < -0.39 is 0 Å². The van der Waals surface area contributed by atoms with Crippen LogP contribution in [0.3, 0.4) is 0 Å². The highest BCUT2D eigenvalue weighted by molar-refractivity contribution is 5.77. The molecule has 0 aliphatic carbocycles. The number of rotatable bonds is 3. The Kier molecular flexibility index (Phi) is 3.17. The van der Waals surface area contributed by atoms with E-state index in [2.05, 4.69) is 10.2 Å². The number of aromatic nitrogens is 2. The Balaban J connectivity index is 2.30. The van der Waals surface area contributed by atoms with Gasteiger partial charge in [0, 0.05) is 11.8 Å². The zero-order valence-electron chi connectivity index (χ0n) is 12.1. The molecule has 106 valence electrons. The Bertz CT molecular complexity index is 837. The number of aryl methyl sites for hydroxylation is 2. The largest absolute Gasteiger partial charge is 0.497 e. The molecule has 0 spiro atoms. The highest BCUT2D eigenvalue weighted by atomic mass is 16.5. The maximum atomic E-state index is 11.3. The second-order valence-electron chi connectivity index (χ2n) is 4.94. The molecule has 0 aliphatic heterocycles. The zero-order valence-corrected chi connectivity index (χ0v) is 12.1. The van der Waals surface area contributed by atoms with Gasteiger partial charge in [-0.05, 0) is 54.4 Å². The van der Waals surface area contributed by atoms with Gasteiger partial charge in [0.15, 0.2) is 0 Å². The summed E-state index contributed by atoms with van der Waals surface area (Å²) in [5, 5.41) is 3.18. The van der Waals surface area contributed by atoms with Crippen molar-refractivity contribution in [2.24, 2.45) is 5.18 Å². The van der Waals surface area contributed by atoms with E-state index in [9.17, 15) is 4.91 Å². The first kappa shape index (κ1) is 13.3. The highest BCUT2D eigenvalue weighted by Crippen LogP contribution is 2.34. The average molecular weight is 281 g/mol. The first-order valence-corrected chi connectivity index (χ1v) is 6.61. The van der Waals surface area contributed by atoms with Crippen molar-refractivity contribution in [1.82, 2.24) is 9.38 Å². The molecule has 0 saturated carbocycles. The number of hydrogen-bond acceptors (Lipinski definition) is 4. The first-order valence-electron chi connectivity index (χ1n) is 6.61. The molecule has 0 bridgehead atoms. The van der Waals surface area contributed by atoms with Crippen LogP contribution in [0.15, 0.2) is 41.7 Å². The summed E-state index contributed by atoms with van der Waals surface area (Å²) in [7, 11) is 1.63. The van der Waals surface area contributed by atoms with Crippen LogP contribution in [0.25, 0.3) is 16.9 Å². The van der Waals surface area contributed by atoms with E-state index in [4.69, 9.17) is 4.74 Å². The predicted molar refractivity (Wildman–Crippen MR) is 82.1 cm³/mol. The standard InChI is InChI=1S/C16H15N3O2/c1-10-5-4-8-19-15(10)17-14(16(19)18-20)13-7-6-12(21-3)9-11(13)2/h4-9H,1-3H3. The van der Waals surface area contributed by atoms with Gasteiger partial charge in [-0.1, -0.05) is 6.07 Å². The summed E-state index contributed by atoms with van der Waals surface area (Å²) >= 11 is 0. The number of pyridine rings is 1. The smallest absolute Gasteiger partial charge is 0.209 e. The molecule has 0 saturated heterocycles. The fraction of sp³-hybridized carbons (Fsp3) is 0.188. The average Bonchev–Trinajstić information content (AvgIpc) is 2.86. The molecule has 0 aliphatic rings. The summed E-state index contributed by atoms with van der Waals surface area (Å²) in [6.07, 6.45) is 1.80. The summed E-state index contributed by atoms with van der Waals surface area (Å²) < 4.78 is 6.93. The number of hydrogen-bond donors (Lipinski definition) is 0. The molecular formula is C16H15N3O2. The molecule has 3 aromatic rings. The lowest BCUT2D eigenvalue weighted by Gasteiger charge is -2.06. The number of fused-ring (bicyclic) bond motifs is 1. The Hall–Kier alpha value is -2.69. The van der Waals surface area contributed by atoms with E-state index in [1.54, 1.807) is 17.7 Å². The Morgan fingerprint density at radius 1 is 1.19 bits per heavy atom. The third kappa shape index (κ3) is 2.07. The number of imidazole rings is 1. The van der Waals surface area contributed by atoms with Gasteiger partial charge in [0.05, 0.1) is 7.11 Å². The monoisotopic (exact) mass is 281 g/mol. The number of methoxy groups -OCH3 is 1. The van der Waals surface area contributed by atoms with Crippen LogP contribution < -0.4 is 4.74 Å². The van der Waals surface area contributed by atoms with E-state index in [0.29, 0.717) is 11.5 Å².